The SMILES string of the molecule is CCOC(=O)c1cc(S(N)(=O)=O)cn1C1CCNCC1. The lowest BCUT2D eigenvalue weighted by Crippen LogP contribution is -2.30. The molecule has 2 heterocycles. The van der Waals surface area contributed by atoms with Gasteiger partial charge in [-0.15, -0.1) is 0 Å². The summed E-state index contributed by atoms with van der Waals surface area (Å²) in [4.78, 5) is 11.9. The minimum atomic E-state index is -3.84. The van der Waals surface area contributed by atoms with Crippen molar-refractivity contribution in [1.82, 2.24) is 9.88 Å². The number of hydrogen-bond acceptors (Lipinski definition) is 5. The molecule has 1 fully saturated rings. The number of ether oxygens (including phenoxy) is 1. The first-order valence-corrected chi connectivity index (χ1v) is 8.10. The molecule has 0 atom stereocenters. The summed E-state index contributed by atoms with van der Waals surface area (Å²) < 4.78 is 29.6. The largest absolute Gasteiger partial charge is 0.461 e. The van der Waals surface area contributed by atoms with Crippen LogP contribution in [-0.4, -0.2) is 38.7 Å². The van der Waals surface area contributed by atoms with Crippen LogP contribution in [0.2, 0.25) is 0 Å². The van der Waals surface area contributed by atoms with Crippen LogP contribution in [0.3, 0.4) is 0 Å². The Morgan fingerprint density at radius 3 is 2.70 bits per heavy atom. The Kier molecular flexibility index (Phi) is 4.46. The van der Waals surface area contributed by atoms with E-state index in [2.05, 4.69) is 5.32 Å². The summed E-state index contributed by atoms with van der Waals surface area (Å²) in [7, 11) is -3.84. The van der Waals surface area contributed by atoms with Gasteiger partial charge >= 0.3 is 5.97 Å². The molecule has 112 valence electrons. The Hall–Kier alpha value is -1.38. The van der Waals surface area contributed by atoms with Crippen molar-refractivity contribution in [2.24, 2.45) is 5.14 Å². The number of primary sulfonamides is 1. The van der Waals surface area contributed by atoms with Crippen LogP contribution in [0.4, 0.5) is 0 Å². The zero-order chi connectivity index (χ0) is 14.8. The first-order chi connectivity index (χ1) is 9.43. The molecule has 2 rings (SSSR count). The number of piperidine rings is 1. The van der Waals surface area contributed by atoms with E-state index in [1.165, 1.54) is 12.3 Å². The van der Waals surface area contributed by atoms with Gasteiger partial charge in [-0.3, -0.25) is 0 Å². The van der Waals surface area contributed by atoms with Crippen LogP contribution in [-0.2, 0) is 14.8 Å². The number of nitrogens with one attached hydrogen (secondary N) is 1. The molecule has 3 N–H and O–H groups in total. The Balaban J connectivity index is 2.41. The van der Waals surface area contributed by atoms with Crippen LogP contribution < -0.4 is 10.5 Å². The normalized spacial score (nSPS) is 17.1. The summed E-state index contributed by atoms with van der Waals surface area (Å²) >= 11 is 0. The fraction of sp³-hybridized carbons (Fsp3) is 0.583. The third-order valence-electron chi connectivity index (χ3n) is 3.34. The van der Waals surface area contributed by atoms with Crippen LogP contribution in [0, 0.1) is 0 Å². The van der Waals surface area contributed by atoms with E-state index in [1.54, 1.807) is 11.5 Å². The molecule has 1 aliphatic heterocycles. The van der Waals surface area contributed by atoms with Crippen molar-refractivity contribution in [3.05, 3.63) is 18.0 Å². The number of rotatable bonds is 4. The lowest BCUT2D eigenvalue weighted by atomic mass is 10.1. The third-order valence-corrected chi connectivity index (χ3v) is 4.22. The van der Waals surface area contributed by atoms with Crippen LogP contribution in [0.25, 0.3) is 0 Å². The maximum absolute atomic E-state index is 12.0. The second-order valence-electron chi connectivity index (χ2n) is 4.71. The average molecular weight is 301 g/mol. The van der Waals surface area contributed by atoms with Crippen molar-refractivity contribution in [1.29, 1.82) is 0 Å². The quantitative estimate of drug-likeness (QED) is 0.775. The summed E-state index contributed by atoms with van der Waals surface area (Å²) in [6.07, 6.45) is 3.08. The summed E-state index contributed by atoms with van der Waals surface area (Å²) in [5.74, 6) is -0.527. The predicted octanol–water partition coefficient (Wildman–Crippen LogP) is 0.237. The van der Waals surface area contributed by atoms with Gasteiger partial charge in [0.05, 0.1) is 6.61 Å². The predicted molar refractivity (Wildman–Crippen MR) is 72.9 cm³/mol. The number of nitrogens with zero attached hydrogens (tertiary/aromatic N) is 1. The van der Waals surface area contributed by atoms with Crippen molar-refractivity contribution in [3.63, 3.8) is 0 Å². The van der Waals surface area contributed by atoms with Gasteiger partial charge in [0.1, 0.15) is 10.6 Å². The van der Waals surface area contributed by atoms with E-state index in [0.29, 0.717) is 0 Å². The first kappa shape index (κ1) is 15.0. The zero-order valence-electron chi connectivity index (χ0n) is 11.3. The highest BCUT2D eigenvalue weighted by molar-refractivity contribution is 7.89. The van der Waals surface area contributed by atoms with Gasteiger partial charge in [-0.05, 0) is 38.9 Å². The van der Waals surface area contributed by atoms with Crippen LogP contribution in [0.15, 0.2) is 17.2 Å². The molecule has 8 heteroatoms. The Labute approximate surface area is 118 Å². The van der Waals surface area contributed by atoms with Crippen molar-refractivity contribution in [2.75, 3.05) is 19.7 Å². The molecule has 1 aromatic rings. The molecule has 7 nitrogen and oxygen atoms in total. The molecule has 20 heavy (non-hydrogen) atoms. The molecule has 0 spiro atoms. The maximum Gasteiger partial charge on any atom is 0.354 e. The molecule has 0 radical (unpaired) electrons. The topological polar surface area (TPSA) is 103 Å². The second kappa shape index (κ2) is 5.94. The van der Waals surface area contributed by atoms with Crippen molar-refractivity contribution in [3.8, 4) is 0 Å². The highest BCUT2D eigenvalue weighted by Gasteiger charge is 2.25. The van der Waals surface area contributed by atoms with Crippen LogP contribution in [0.5, 0.6) is 0 Å². The zero-order valence-corrected chi connectivity index (χ0v) is 12.1. The molecule has 0 amide bonds. The van der Waals surface area contributed by atoms with E-state index in [4.69, 9.17) is 9.88 Å². The molecule has 0 unspecified atom stereocenters. The van der Waals surface area contributed by atoms with Gasteiger partial charge in [0.2, 0.25) is 10.0 Å². The summed E-state index contributed by atoms with van der Waals surface area (Å²) in [6, 6.07) is 1.36. The molecular weight excluding hydrogens is 282 g/mol. The number of sulfonamides is 1. The summed E-state index contributed by atoms with van der Waals surface area (Å²) in [5, 5.41) is 8.36. The summed E-state index contributed by atoms with van der Waals surface area (Å²) in [6.45, 7) is 3.60. The molecule has 0 aromatic carbocycles. The Morgan fingerprint density at radius 1 is 1.50 bits per heavy atom. The average Bonchev–Trinajstić information content (AvgIpc) is 2.85. The monoisotopic (exact) mass is 301 g/mol. The number of carbonyl (C=O) groups excluding carboxylic acids is 1. The fourth-order valence-electron chi connectivity index (χ4n) is 2.37. The van der Waals surface area contributed by atoms with E-state index in [9.17, 15) is 13.2 Å². The minimum absolute atomic E-state index is 0.0564. The number of hydrogen-bond donors (Lipinski definition) is 2. The number of nitrogens with two attached hydrogens (primary N) is 1. The minimum Gasteiger partial charge on any atom is -0.461 e. The lowest BCUT2D eigenvalue weighted by Gasteiger charge is -2.25. The van der Waals surface area contributed by atoms with Crippen molar-refractivity contribution in [2.45, 2.75) is 30.7 Å². The van der Waals surface area contributed by atoms with E-state index < -0.39 is 16.0 Å². The highest BCUT2D eigenvalue weighted by Crippen LogP contribution is 2.25. The maximum atomic E-state index is 12.0. The Morgan fingerprint density at radius 2 is 2.15 bits per heavy atom. The van der Waals surface area contributed by atoms with Gasteiger partial charge in [-0.2, -0.15) is 0 Å². The molecule has 0 bridgehead atoms. The smallest absolute Gasteiger partial charge is 0.354 e. The number of carbonyl (C=O) groups is 1. The molecule has 0 saturated carbocycles. The van der Waals surface area contributed by atoms with Crippen LogP contribution in [0.1, 0.15) is 36.3 Å². The standard InChI is InChI=1S/C12H19N3O4S/c1-2-19-12(16)11-7-10(20(13,17)18)8-15(11)9-3-5-14-6-4-9/h7-9,14H,2-6H2,1H3,(H2,13,17,18). The summed E-state index contributed by atoms with van der Waals surface area (Å²) in [5.41, 5.74) is 0.239. The molecule has 1 aliphatic rings. The van der Waals surface area contributed by atoms with Gasteiger partial charge < -0.3 is 14.6 Å². The van der Waals surface area contributed by atoms with E-state index in [-0.39, 0.29) is 23.2 Å². The van der Waals surface area contributed by atoms with E-state index in [1.807, 2.05) is 0 Å². The fourth-order valence-corrected chi connectivity index (χ4v) is 2.90. The van der Waals surface area contributed by atoms with Gasteiger partial charge in [0.25, 0.3) is 0 Å². The van der Waals surface area contributed by atoms with Crippen molar-refractivity contribution < 1.29 is 17.9 Å². The first-order valence-electron chi connectivity index (χ1n) is 6.56. The number of esters is 1. The van der Waals surface area contributed by atoms with Gasteiger partial charge in [0, 0.05) is 12.2 Å². The Bertz CT molecular complexity index is 588. The highest BCUT2D eigenvalue weighted by atomic mass is 32.2. The van der Waals surface area contributed by atoms with Gasteiger partial charge in [-0.1, -0.05) is 0 Å². The van der Waals surface area contributed by atoms with E-state index in [0.717, 1.165) is 25.9 Å². The molecule has 0 aliphatic carbocycles. The molecule has 1 aromatic heterocycles. The van der Waals surface area contributed by atoms with E-state index >= 15 is 0 Å². The molecule has 1 saturated heterocycles. The number of aromatic nitrogens is 1. The van der Waals surface area contributed by atoms with Crippen LogP contribution >= 0.6 is 0 Å². The van der Waals surface area contributed by atoms with Crippen molar-refractivity contribution >= 4 is 16.0 Å². The third kappa shape index (κ3) is 3.20. The van der Waals surface area contributed by atoms with Gasteiger partial charge in [-0.25, -0.2) is 18.4 Å². The second-order valence-corrected chi connectivity index (χ2v) is 6.28. The molecular formula is C12H19N3O4S. The van der Waals surface area contributed by atoms with Gasteiger partial charge in [0.15, 0.2) is 0 Å². The lowest BCUT2D eigenvalue weighted by molar-refractivity contribution is 0.0510.